The molecule has 0 aromatic rings. The van der Waals surface area contributed by atoms with Gasteiger partial charge in [-0.25, -0.2) is 0 Å². The van der Waals surface area contributed by atoms with E-state index < -0.39 is 0 Å². The van der Waals surface area contributed by atoms with Crippen LogP contribution in [0.1, 0.15) is 19.3 Å². The summed E-state index contributed by atoms with van der Waals surface area (Å²) in [7, 11) is 0. The topological polar surface area (TPSA) is 20.2 Å². The van der Waals surface area contributed by atoms with Crippen LogP contribution >= 0.6 is 31.9 Å². The van der Waals surface area contributed by atoms with E-state index in [1.165, 1.54) is 12.8 Å². The van der Waals surface area contributed by atoms with E-state index in [1.807, 2.05) is 0 Å². The predicted molar refractivity (Wildman–Crippen MR) is 52.0 cm³/mol. The van der Waals surface area contributed by atoms with Crippen molar-refractivity contribution in [2.24, 2.45) is 17.8 Å². The van der Waals surface area contributed by atoms with Gasteiger partial charge in [0.2, 0.25) is 0 Å². The molecule has 0 saturated heterocycles. The van der Waals surface area contributed by atoms with Gasteiger partial charge in [0.15, 0.2) is 0 Å². The van der Waals surface area contributed by atoms with E-state index in [0.717, 1.165) is 24.2 Å². The molecule has 0 unspecified atom stereocenters. The highest BCUT2D eigenvalue weighted by molar-refractivity contribution is 9.25. The molecule has 3 heteroatoms. The van der Waals surface area contributed by atoms with Crippen LogP contribution in [0.3, 0.4) is 0 Å². The Morgan fingerprint density at radius 3 is 2.55 bits per heavy atom. The van der Waals surface area contributed by atoms with Crippen LogP contribution in [-0.2, 0) is 0 Å². The van der Waals surface area contributed by atoms with E-state index >= 15 is 0 Å². The van der Waals surface area contributed by atoms with E-state index in [1.54, 1.807) is 0 Å². The average Bonchev–Trinajstić information content (AvgIpc) is 2.37. The normalized spacial score (nSPS) is 45.5. The number of hydrogen-bond donors (Lipinski definition) is 1. The Morgan fingerprint density at radius 2 is 2.09 bits per heavy atom. The number of alkyl halides is 2. The van der Waals surface area contributed by atoms with Crippen LogP contribution in [0.25, 0.3) is 0 Å². The van der Waals surface area contributed by atoms with Crippen LogP contribution in [0, 0.1) is 17.8 Å². The summed E-state index contributed by atoms with van der Waals surface area (Å²) in [6, 6.07) is 0. The van der Waals surface area contributed by atoms with Gasteiger partial charge < -0.3 is 5.11 Å². The summed E-state index contributed by atoms with van der Waals surface area (Å²) in [6.45, 7) is 0.351. The van der Waals surface area contributed by atoms with Crippen molar-refractivity contribution in [3.05, 3.63) is 0 Å². The van der Waals surface area contributed by atoms with Crippen molar-refractivity contribution in [3.63, 3.8) is 0 Å². The summed E-state index contributed by atoms with van der Waals surface area (Å²) in [5.41, 5.74) is 0. The Morgan fingerprint density at radius 1 is 1.36 bits per heavy atom. The first kappa shape index (κ1) is 8.52. The minimum atomic E-state index is 0.248. The molecule has 2 rings (SSSR count). The SMILES string of the molecule is OCC[C@H]1CC[C@H]2[C@@H]1C2(Br)Br. The third-order valence-electron chi connectivity index (χ3n) is 3.12. The molecular weight excluding hydrogens is 272 g/mol. The number of hydrogen-bond acceptors (Lipinski definition) is 1. The lowest BCUT2D eigenvalue weighted by molar-refractivity contribution is 0.249. The van der Waals surface area contributed by atoms with Crippen molar-refractivity contribution in [2.75, 3.05) is 6.61 Å². The molecule has 1 nitrogen and oxygen atoms in total. The second-order valence-corrected chi connectivity index (χ2v) is 7.35. The number of rotatable bonds is 2. The first-order chi connectivity index (χ1) is 5.18. The van der Waals surface area contributed by atoms with Gasteiger partial charge >= 0.3 is 0 Å². The van der Waals surface area contributed by atoms with Gasteiger partial charge in [-0.3, -0.25) is 0 Å². The zero-order chi connectivity index (χ0) is 8.06. The first-order valence-electron chi connectivity index (χ1n) is 4.16. The Bertz CT molecular complexity index is 169. The molecular formula is C8H12Br2O. The third-order valence-corrected chi connectivity index (χ3v) is 5.35. The molecule has 2 aliphatic carbocycles. The van der Waals surface area contributed by atoms with E-state index in [0.29, 0.717) is 6.61 Å². The summed E-state index contributed by atoms with van der Waals surface area (Å²) >= 11 is 7.35. The highest BCUT2D eigenvalue weighted by Crippen LogP contribution is 2.71. The largest absolute Gasteiger partial charge is 0.396 e. The molecule has 0 aromatic heterocycles. The molecule has 2 aliphatic rings. The molecule has 64 valence electrons. The van der Waals surface area contributed by atoms with E-state index in [2.05, 4.69) is 31.9 Å². The Labute approximate surface area is 83.8 Å². The fourth-order valence-electron chi connectivity index (χ4n) is 2.49. The molecule has 2 fully saturated rings. The smallest absolute Gasteiger partial charge is 0.0871 e. The Kier molecular flexibility index (Phi) is 2.10. The van der Waals surface area contributed by atoms with Gasteiger partial charge in [0.1, 0.15) is 0 Å². The quantitative estimate of drug-likeness (QED) is 0.772. The van der Waals surface area contributed by atoms with Crippen LogP contribution in [0.15, 0.2) is 0 Å². The molecule has 0 aliphatic heterocycles. The minimum absolute atomic E-state index is 0.248. The molecule has 3 atom stereocenters. The first-order valence-corrected chi connectivity index (χ1v) is 5.75. The molecule has 0 bridgehead atoms. The van der Waals surface area contributed by atoms with Crippen molar-refractivity contribution in [3.8, 4) is 0 Å². The Balaban J connectivity index is 1.97. The molecule has 0 amide bonds. The van der Waals surface area contributed by atoms with Crippen LogP contribution in [0.5, 0.6) is 0 Å². The maximum atomic E-state index is 8.80. The van der Waals surface area contributed by atoms with E-state index in [4.69, 9.17) is 5.11 Å². The number of fused-ring (bicyclic) bond motifs is 1. The number of aliphatic hydroxyl groups is 1. The lowest BCUT2D eigenvalue weighted by Gasteiger charge is -2.13. The second kappa shape index (κ2) is 2.71. The predicted octanol–water partition coefficient (Wildman–Crippen LogP) is 2.51. The number of halogens is 2. The highest BCUT2D eigenvalue weighted by atomic mass is 79.9. The van der Waals surface area contributed by atoms with Crippen LogP contribution in [0.2, 0.25) is 0 Å². The molecule has 2 saturated carbocycles. The van der Waals surface area contributed by atoms with Gasteiger partial charge in [0.25, 0.3) is 0 Å². The van der Waals surface area contributed by atoms with E-state index in [-0.39, 0.29) is 3.23 Å². The Hall–Kier alpha value is 0.920. The standard InChI is InChI=1S/C8H12Br2O/c9-8(10)6-2-1-5(3-4-11)7(6)8/h5-7,11H,1-4H2/t5-,6+,7-/m1/s1. The fourth-order valence-corrected chi connectivity index (χ4v) is 4.64. The molecule has 0 spiro atoms. The monoisotopic (exact) mass is 282 g/mol. The van der Waals surface area contributed by atoms with Gasteiger partial charge in [-0.2, -0.15) is 0 Å². The second-order valence-electron chi connectivity index (χ2n) is 3.66. The summed E-state index contributed by atoms with van der Waals surface area (Å²) in [5, 5.41) is 8.80. The molecule has 0 heterocycles. The lowest BCUT2D eigenvalue weighted by atomic mass is 10.0. The van der Waals surface area contributed by atoms with E-state index in [9.17, 15) is 0 Å². The number of aliphatic hydroxyl groups excluding tert-OH is 1. The van der Waals surface area contributed by atoms with Gasteiger partial charge in [-0.15, -0.1) is 0 Å². The van der Waals surface area contributed by atoms with Crippen LogP contribution in [0.4, 0.5) is 0 Å². The van der Waals surface area contributed by atoms with Crippen molar-refractivity contribution < 1.29 is 5.11 Å². The highest BCUT2D eigenvalue weighted by Gasteiger charge is 2.66. The van der Waals surface area contributed by atoms with Gasteiger partial charge in [-0.05, 0) is 37.0 Å². The van der Waals surface area contributed by atoms with Gasteiger partial charge in [-0.1, -0.05) is 31.9 Å². The van der Waals surface area contributed by atoms with Crippen molar-refractivity contribution in [1.29, 1.82) is 0 Å². The van der Waals surface area contributed by atoms with Crippen molar-refractivity contribution >= 4 is 31.9 Å². The van der Waals surface area contributed by atoms with Gasteiger partial charge in [0, 0.05) is 6.61 Å². The zero-order valence-electron chi connectivity index (χ0n) is 6.26. The van der Waals surface area contributed by atoms with Crippen LogP contribution in [-0.4, -0.2) is 14.9 Å². The molecule has 11 heavy (non-hydrogen) atoms. The van der Waals surface area contributed by atoms with Gasteiger partial charge in [0.05, 0.1) is 3.23 Å². The maximum absolute atomic E-state index is 8.80. The summed E-state index contributed by atoms with van der Waals surface area (Å²) in [5.74, 6) is 2.37. The average molecular weight is 284 g/mol. The summed E-state index contributed by atoms with van der Waals surface area (Å²) in [4.78, 5) is 0. The minimum Gasteiger partial charge on any atom is -0.396 e. The molecule has 0 radical (unpaired) electrons. The van der Waals surface area contributed by atoms with Crippen molar-refractivity contribution in [2.45, 2.75) is 22.5 Å². The third kappa shape index (κ3) is 1.20. The lowest BCUT2D eigenvalue weighted by Crippen LogP contribution is -2.08. The molecule has 1 N–H and O–H groups in total. The van der Waals surface area contributed by atoms with Crippen LogP contribution < -0.4 is 0 Å². The summed E-state index contributed by atoms with van der Waals surface area (Å²) in [6.07, 6.45) is 3.63. The zero-order valence-corrected chi connectivity index (χ0v) is 9.44. The summed E-state index contributed by atoms with van der Waals surface area (Å²) < 4.78 is 0.248. The van der Waals surface area contributed by atoms with Crippen molar-refractivity contribution in [1.82, 2.24) is 0 Å². The molecule has 0 aromatic carbocycles. The fraction of sp³-hybridized carbons (Fsp3) is 1.00. The maximum Gasteiger partial charge on any atom is 0.0871 e.